The molecule has 0 radical (unpaired) electrons. The number of nitrogens with zero attached hydrogens (tertiary/aromatic N) is 1. The fourth-order valence-electron chi connectivity index (χ4n) is 3.80. The van der Waals surface area contributed by atoms with Crippen LogP contribution in [0, 0.1) is 5.41 Å². The van der Waals surface area contributed by atoms with Crippen LogP contribution in [0.15, 0.2) is 59.5 Å². The van der Waals surface area contributed by atoms with Crippen molar-refractivity contribution in [3.8, 4) is 11.5 Å². The molecule has 0 saturated carbocycles. The van der Waals surface area contributed by atoms with Gasteiger partial charge in [-0.2, -0.15) is 0 Å². The molecule has 8 nitrogen and oxygen atoms in total. The summed E-state index contributed by atoms with van der Waals surface area (Å²) < 4.78 is 36.9. The van der Waals surface area contributed by atoms with Crippen molar-refractivity contribution in [1.29, 1.82) is 0 Å². The highest BCUT2D eigenvalue weighted by atomic mass is 32.2. The van der Waals surface area contributed by atoms with Crippen LogP contribution < -0.4 is 4.74 Å². The topological polar surface area (TPSA) is 110 Å². The van der Waals surface area contributed by atoms with E-state index in [4.69, 9.17) is 9.47 Å². The lowest BCUT2D eigenvalue weighted by atomic mass is 9.76. The van der Waals surface area contributed by atoms with Crippen molar-refractivity contribution < 1.29 is 32.6 Å². The molecule has 1 fully saturated rings. The van der Waals surface area contributed by atoms with Gasteiger partial charge in [0, 0.05) is 13.1 Å². The first-order valence-corrected chi connectivity index (χ1v) is 12.8. The number of ether oxygens (including phenoxy) is 2. The van der Waals surface area contributed by atoms with Crippen molar-refractivity contribution in [2.45, 2.75) is 50.5 Å². The summed E-state index contributed by atoms with van der Waals surface area (Å²) in [5, 5.41) is 9.90. The summed E-state index contributed by atoms with van der Waals surface area (Å²) in [6, 6.07) is 15.2. The van der Waals surface area contributed by atoms with Gasteiger partial charge in [-0.1, -0.05) is 18.2 Å². The number of hydrogen-bond donors (Lipinski definition) is 1. The molecule has 184 valence electrons. The lowest BCUT2D eigenvalue weighted by Crippen LogP contribution is -2.48. The number of carbonyl (C=O) groups excluding carboxylic acids is 1. The number of sulfone groups is 1. The zero-order valence-corrected chi connectivity index (χ0v) is 20.5. The van der Waals surface area contributed by atoms with E-state index in [2.05, 4.69) is 0 Å². The molecular formula is C25H31NO7S. The zero-order chi connectivity index (χ0) is 25.0. The van der Waals surface area contributed by atoms with Gasteiger partial charge >= 0.3 is 12.1 Å². The Morgan fingerprint density at radius 2 is 1.53 bits per heavy atom. The molecule has 2 aromatic rings. The molecule has 2 aromatic carbocycles. The van der Waals surface area contributed by atoms with Gasteiger partial charge in [0.1, 0.15) is 17.1 Å². The number of hydrogen-bond acceptors (Lipinski definition) is 6. The third kappa shape index (κ3) is 6.50. The van der Waals surface area contributed by atoms with Gasteiger partial charge in [-0.3, -0.25) is 4.79 Å². The Bertz CT molecular complexity index is 1100. The fraction of sp³-hybridized carbons (Fsp3) is 0.440. The van der Waals surface area contributed by atoms with E-state index in [0.717, 1.165) is 0 Å². The minimum absolute atomic E-state index is 0.0326. The quantitative estimate of drug-likeness (QED) is 0.598. The molecule has 34 heavy (non-hydrogen) atoms. The average Bonchev–Trinajstić information content (AvgIpc) is 2.78. The minimum atomic E-state index is -3.70. The van der Waals surface area contributed by atoms with Gasteiger partial charge in [0.25, 0.3) is 0 Å². The number of piperidine rings is 1. The number of carbonyl (C=O) groups is 2. The third-order valence-corrected chi connectivity index (χ3v) is 7.57. The van der Waals surface area contributed by atoms with Crippen molar-refractivity contribution in [3.05, 3.63) is 54.6 Å². The lowest BCUT2D eigenvalue weighted by Gasteiger charge is -2.39. The number of rotatable bonds is 7. The van der Waals surface area contributed by atoms with E-state index in [1.54, 1.807) is 45.0 Å². The SMILES string of the molecule is CC(C)(C)OC(=O)N1CCC(CCS(=O)(=O)c2ccc(Oc3ccccc3)cc2)(C(=O)O)CC1. The minimum Gasteiger partial charge on any atom is -0.481 e. The number of para-hydroxylation sites is 1. The first kappa shape index (κ1) is 25.6. The Labute approximate surface area is 200 Å². The molecule has 1 amide bonds. The van der Waals surface area contributed by atoms with Crippen LogP contribution in [0.2, 0.25) is 0 Å². The Morgan fingerprint density at radius 1 is 0.971 bits per heavy atom. The van der Waals surface area contributed by atoms with Crippen molar-refractivity contribution in [2.75, 3.05) is 18.8 Å². The maximum absolute atomic E-state index is 12.9. The highest BCUT2D eigenvalue weighted by Gasteiger charge is 2.43. The highest BCUT2D eigenvalue weighted by Crippen LogP contribution is 2.37. The molecule has 0 spiro atoms. The molecule has 0 unspecified atom stereocenters. The molecule has 9 heteroatoms. The molecule has 0 aromatic heterocycles. The van der Waals surface area contributed by atoms with E-state index in [0.29, 0.717) is 11.5 Å². The van der Waals surface area contributed by atoms with Crippen LogP contribution >= 0.6 is 0 Å². The normalized spacial score (nSPS) is 16.0. The maximum atomic E-state index is 12.9. The molecule has 0 atom stereocenters. The summed E-state index contributed by atoms with van der Waals surface area (Å²) >= 11 is 0. The van der Waals surface area contributed by atoms with Crippen molar-refractivity contribution in [2.24, 2.45) is 5.41 Å². The Hall–Kier alpha value is -3.07. The molecule has 1 saturated heterocycles. The summed E-state index contributed by atoms with van der Waals surface area (Å²) in [6.07, 6.45) is -0.186. The predicted octanol–water partition coefficient (Wildman–Crippen LogP) is 4.74. The molecule has 0 aliphatic carbocycles. The number of carboxylic acid groups (broad SMARTS) is 1. The smallest absolute Gasteiger partial charge is 0.410 e. The molecular weight excluding hydrogens is 458 g/mol. The third-order valence-electron chi connectivity index (χ3n) is 5.84. The Balaban J connectivity index is 1.62. The van der Waals surface area contributed by atoms with E-state index in [1.165, 1.54) is 17.0 Å². The van der Waals surface area contributed by atoms with Crippen LogP contribution in [0.5, 0.6) is 11.5 Å². The van der Waals surface area contributed by atoms with Gasteiger partial charge < -0.3 is 19.5 Å². The van der Waals surface area contributed by atoms with Crippen LogP contribution in [0.1, 0.15) is 40.0 Å². The van der Waals surface area contributed by atoms with Gasteiger partial charge in [-0.15, -0.1) is 0 Å². The molecule has 1 heterocycles. The van der Waals surface area contributed by atoms with E-state index >= 15 is 0 Å². The van der Waals surface area contributed by atoms with Crippen LogP contribution in [-0.2, 0) is 19.4 Å². The van der Waals surface area contributed by atoms with E-state index < -0.39 is 32.9 Å². The van der Waals surface area contributed by atoms with Crippen molar-refractivity contribution >= 4 is 21.9 Å². The van der Waals surface area contributed by atoms with E-state index in [-0.39, 0.29) is 43.0 Å². The number of aliphatic carboxylic acids is 1. The Kier molecular flexibility index (Phi) is 7.55. The second-order valence-electron chi connectivity index (χ2n) is 9.51. The van der Waals surface area contributed by atoms with Gasteiger partial charge in [-0.25, -0.2) is 13.2 Å². The van der Waals surface area contributed by atoms with Crippen LogP contribution in [0.25, 0.3) is 0 Å². The molecule has 0 bridgehead atoms. The van der Waals surface area contributed by atoms with Gasteiger partial charge in [0.2, 0.25) is 0 Å². The summed E-state index contributed by atoms with van der Waals surface area (Å²) in [6.45, 7) is 5.70. The largest absolute Gasteiger partial charge is 0.481 e. The first-order chi connectivity index (χ1) is 15.9. The zero-order valence-electron chi connectivity index (χ0n) is 19.7. The van der Waals surface area contributed by atoms with Crippen molar-refractivity contribution in [1.82, 2.24) is 4.90 Å². The maximum Gasteiger partial charge on any atom is 0.410 e. The molecule has 3 rings (SSSR count). The average molecular weight is 490 g/mol. The number of likely N-dealkylation sites (tertiary alicyclic amines) is 1. The van der Waals surface area contributed by atoms with Crippen LogP contribution in [-0.4, -0.2) is 54.9 Å². The van der Waals surface area contributed by atoms with Crippen LogP contribution in [0.4, 0.5) is 4.79 Å². The lowest BCUT2D eigenvalue weighted by molar-refractivity contribution is -0.152. The van der Waals surface area contributed by atoms with Crippen LogP contribution in [0.3, 0.4) is 0 Å². The summed E-state index contributed by atoms with van der Waals surface area (Å²) in [4.78, 5) is 26.0. The second-order valence-corrected chi connectivity index (χ2v) is 11.6. The van der Waals surface area contributed by atoms with E-state index in [9.17, 15) is 23.1 Å². The standard InChI is InChI=1S/C25H31NO7S/c1-24(2,3)33-23(29)26-16-13-25(14-17-26,22(27)28)15-18-34(30,31)21-11-9-20(10-12-21)32-19-7-5-4-6-8-19/h4-12H,13-18H2,1-3H3,(H,27,28). The summed E-state index contributed by atoms with van der Waals surface area (Å²) in [5.74, 6) is -0.205. The van der Waals surface area contributed by atoms with Gasteiger partial charge in [0.05, 0.1) is 16.1 Å². The number of amides is 1. The van der Waals surface area contributed by atoms with E-state index in [1.807, 2.05) is 18.2 Å². The predicted molar refractivity (Wildman–Crippen MR) is 127 cm³/mol. The molecule has 1 aliphatic heterocycles. The Morgan fingerprint density at radius 3 is 2.06 bits per heavy atom. The van der Waals surface area contributed by atoms with Gasteiger partial charge in [-0.05, 0) is 76.4 Å². The molecule has 1 N–H and O–H groups in total. The highest BCUT2D eigenvalue weighted by molar-refractivity contribution is 7.91. The molecule has 1 aliphatic rings. The summed E-state index contributed by atoms with van der Waals surface area (Å²) in [5.41, 5.74) is -1.85. The summed E-state index contributed by atoms with van der Waals surface area (Å²) in [7, 11) is -3.70. The number of carboxylic acids is 1. The van der Waals surface area contributed by atoms with Crippen molar-refractivity contribution in [3.63, 3.8) is 0 Å². The fourth-order valence-corrected chi connectivity index (χ4v) is 5.25. The number of benzene rings is 2. The second kappa shape index (κ2) is 10.0. The first-order valence-electron chi connectivity index (χ1n) is 11.2. The monoisotopic (exact) mass is 489 g/mol. The van der Waals surface area contributed by atoms with Gasteiger partial charge in [0.15, 0.2) is 9.84 Å².